The molecule has 2 aliphatic rings. The number of likely N-dealkylation sites (tertiary alicyclic amines) is 1. The quantitative estimate of drug-likeness (QED) is 0.596. The molecule has 0 aromatic rings. The van der Waals surface area contributed by atoms with Gasteiger partial charge in [0.2, 0.25) is 5.91 Å². The first-order chi connectivity index (χ1) is 6.25. The minimum atomic E-state index is 0.155. The van der Waals surface area contributed by atoms with Gasteiger partial charge in [-0.25, -0.2) is 0 Å². The molecule has 1 aliphatic carbocycles. The second kappa shape index (κ2) is 3.27. The van der Waals surface area contributed by atoms with Crippen LogP contribution in [0.5, 0.6) is 0 Å². The fraction of sp³-hybridized carbons (Fsp3) is 0.889. The number of ether oxygens (including phenoxy) is 1. The van der Waals surface area contributed by atoms with Crippen LogP contribution in [0.3, 0.4) is 0 Å². The highest BCUT2D eigenvalue weighted by Gasteiger charge is 2.59. The Balaban J connectivity index is 1.75. The van der Waals surface area contributed by atoms with E-state index in [1.54, 1.807) is 7.11 Å². The van der Waals surface area contributed by atoms with Gasteiger partial charge in [-0.1, -0.05) is 0 Å². The maximum atomic E-state index is 11.6. The molecule has 0 aromatic heterocycles. The highest BCUT2D eigenvalue weighted by Crippen LogP contribution is 2.44. The predicted octanol–water partition coefficient (Wildman–Crippen LogP) is -0.562. The minimum absolute atomic E-state index is 0.155. The standard InChI is InChI=1S/C9H16N2O2/c1-13-4-2-3-11-5-6-7(8(6)10)9(11)12/h6-8H,2-5,10H2,1H3. The van der Waals surface area contributed by atoms with Crippen LogP contribution in [0.15, 0.2) is 0 Å². The van der Waals surface area contributed by atoms with E-state index < -0.39 is 0 Å². The van der Waals surface area contributed by atoms with Crippen LogP contribution >= 0.6 is 0 Å². The summed E-state index contributed by atoms with van der Waals surface area (Å²) >= 11 is 0. The molecule has 1 aliphatic heterocycles. The van der Waals surface area contributed by atoms with Crippen molar-refractivity contribution in [1.29, 1.82) is 0 Å². The summed E-state index contributed by atoms with van der Waals surface area (Å²) in [7, 11) is 1.68. The third kappa shape index (κ3) is 1.44. The van der Waals surface area contributed by atoms with Crippen molar-refractivity contribution < 1.29 is 9.53 Å². The molecular weight excluding hydrogens is 168 g/mol. The summed E-state index contributed by atoms with van der Waals surface area (Å²) in [4.78, 5) is 13.5. The first kappa shape index (κ1) is 8.97. The molecule has 2 rings (SSSR count). The van der Waals surface area contributed by atoms with Crippen molar-refractivity contribution in [2.24, 2.45) is 17.6 Å². The maximum Gasteiger partial charge on any atom is 0.227 e. The lowest BCUT2D eigenvalue weighted by molar-refractivity contribution is -0.130. The van der Waals surface area contributed by atoms with Gasteiger partial charge in [0.15, 0.2) is 0 Å². The van der Waals surface area contributed by atoms with E-state index in [4.69, 9.17) is 10.5 Å². The molecule has 1 saturated heterocycles. The first-order valence-electron chi connectivity index (χ1n) is 4.79. The highest BCUT2D eigenvalue weighted by atomic mass is 16.5. The number of methoxy groups -OCH3 is 1. The average Bonchev–Trinajstić information content (AvgIpc) is 2.60. The van der Waals surface area contributed by atoms with Crippen LogP contribution in [-0.4, -0.2) is 43.7 Å². The van der Waals surface area contributed by atoms with Crippen molar-refractivity contribution in [2.75, 3.05) is 26.8 Å². The maximum absolute atomic E-state index is 11.6. The number of fused-ring (bicyclic) bond motifs is 1. The van der Waals surface area contributed by atoms with Gasteiger partial charge in [-0.05, 0) is 6.42 Å². The Bertz CT molecular complexity index is 220. The predicted molar refractivity (Wildman–Crippen MR) is 48.0 cm³/mol. The molecule has 0 aromatic carbocycles. The number of carbonyl (C=O) groups excluding carboxylic acids is 1. The second-order valence-electron chi connectivity index (χ2n) is 3.90. The zero-order valence-electron chi connectivity index (χ0n) is 7.90. The Labute approximate surface area is 78.0 Å². The van der Waals surface area contributed by atoms with Gasteiger partial charge >= 0.3 is 0 Å². The molecular formula is C9H16N2O2. The summed E-state index contributed by atoms with van der Waals surface area (Å²) in [6, 6.07) is 0.158. The lowest BCUT2D eigenvalue weighted by Gasteiger charge is -2.18. The van der Waals surface area contributed by atoms with Crippen LogP contribution in [0.1, 0.15) is 6.42 Å². The molecule has 3 unspecified atom stereocenters. The van der Waals surface area contributed by atoms with Crippen LogP contribution in [0.2, 0.25) is 0 Å². The number of hydrogen-bond donors (Lipinski definition) is 1. The lowest BCUT2D eigenvalue weighted by atomic mass is 10.3. The van der Waals surface area contributed by atoms with Crippen LogP contribution in [0.25, 0.3) is 0 Å². The second-order valence-corrected chi connectivity index (χ2v) is 3.90. The van der Waals surface area contributed by atoms with Gasteiger partial charge < -0.3 is 15.4 Å². The molecule has 0 spiro atoms. The molecule has 1 heterocycles. The number of nitrogens with zero attached hydrogens (tertiary/aromatic N) is 1. The highest BCUT2D eigenvalue weighted by molar-refractivity contribution is 5.86. The van der Waals surface area contributed by atoms with Gasteiger partial charge in [0, 0.05) is 38.8 Å². The van der Waals surface area contributed by atoms with Crippen molar-refractivity contribution >= 4 is 5.91 Å². The van der Waals surface area contributed by atoms with E-state index in [9.17, 15) is 4.79 Å². The van der Waals surface area contributed by atoms with E-state index in [1.165, 1.54) is 0 Å². The van der Waals surface area contributed by atoms with E-state index in [1.807, 2.05) is 4.90 Å². The topological polar surface area (TPSA) is 55.6 Å². The Morgan fingerprint density at radius 3 is 3.00 bits per heavy atom. The third-order valence-electron chi connectivity index (χ3n) is 3.03. The fourth-order valence-electron chi connectivity index (χ4n) is 2.14. The van der Waals surface area contributed by atoms with Crippen LogP contribution in [0, 0.1) is 11.8 Å². The molecule has 2 fully saturated rings. The lowest BCUT2D eigenvalue weighted by Crippen LogP contribution is -2.34. The van der Waals surface area contributed by atoms with Gasteiger partial charge in [0.1, 0.15) is 0 Å². The summed E-state index contributed by atoms with van der Waals surface area (Å²) in [5, 5.41) is 0. The monoisotopic (exact) mass is 184 g/mol. The summed E-state index contributed by atoms with van der Waals surface area (Å²) in [5.41, 5.74) is 5.71. The summed E-state index contributed by atoms with van der Waals surface area (Å²) in [6.07, 6.45) is 0.927. The summed E-state index contributed by atoms with van der Waals surface area (Å²) in [6.45, 7) is 2.42. The van der Waals surface area contributed by atoms with Crippen LogP contribution < -0.4 is 5.73 Å². The minimum Gasteiger partial charge on any atom is -0.385 e. The van der Waals surface area contributed by atoms with Crippen LogP contribution in [-0.2, 0) is 9.53 Å². The molecule has 13 heavy (non-hydrogen) atoms. The smallest absolute Gasteiger partial charge is 0.227 e. The van der Waals surface area contributed by atoms with Crippen molar-refractivity contribution in [1.82, 2.24) is 4.90 Å². The normalized spacial score (nSPS) is 36.6. The van der Waals surface area contributed by atoms with E-state index in [0.29, 0.717) is 5.92 Å². The van der Waals surface area contributed by atoms with Crippen molar-refractivity contribution in [3.63, 3.8) is 0 Å². The van der Waals surface area contributed by atoms with Crippen molar-refractivity contribution in [3.8, 4) is 0 Å². The van der Waals surface area contributed by atoms with Gasteiger partial charge in [-0.15, -0.1) is 0 Å². The fourth-order valence-corrected chi connectivity index (χ4v) is 2.14. The summed E-state index contributed by atoms with van der Waals surface area (Å²) < 4.78 is 4.93. The molecule has 1 saturated carbocycles. The Kier molecular flexibility index (Phi) is 2.26. The Morgan fingerprint density at radius 1 is 1.69 bits per heavy atom. The number of hydrogen-bond acceptors (Lipinski definition) is 3. The molecule has 3 atom stereocenters. The average molecular weight is 184 g/mol. The molecule has 4 nitrogen and oxygen atoms in total. The largest absolute Gasteiger partial charge is 0.385 e. The summed E-state index contributed by atoms with van der Waals surface area (Å²) in [5.74, 6) is 0.867. The van der Waals surface area contributed by atoms with E-state index >= 15 is 0 Å². The van der Waals surface area contributed by atoms with Crippen molar-refractivity contribution in [3.05, 3.63) is 0 Å². The Hall–Kier alpha value is -0.610. The zero-order valence-corrected chi connectivity index (χ0v) is 7.90. The van der Waals surface area contributed by atoms with Crippen molar-refractivity contribution in [2.45, 2.75) is 12.5 Å². The number of carbonyl (C=O) groups is 1. The van der Waals surface area contributed by atoms with Crippen LogP contribution in [0.4, 0.5) is 0 Å². The molecule has 0 radical (unpaired) electrons. The number of piperidine rings is 1. The molecule has 2 N–H and O–H groups in total. The van der Waals surface area contributed by atoms with Gasteiger partial charge in [-0.2, -0.15) is 0 Å². The third-order valence-corrected chi connectivity index (χ3v) is 3.03. The zero-order chi connectivity index (χ0) is 9.42. The molecule has 4 heteroatoms. The van der Waals surface area contributed by atoms with Gasteiger partial charge in [-0.3, -0.25) is 4.79 Å². The number of amides is 1. The first-order valence-corrected chi connectivity index (χ1v) is 4.79. The SMILES string of the molecule is COCCCN1CC2C(N)C2C1=O. The molecule has 1 amide bonds. The molecule has 74 valence electrons. The van der Waals surface area contributed by atoms with Gasteiger partial charge in [0.05, 0.1) is 5.92 Å². The van der Waals surface area contributed by atoms with E-state index in [-0.39, 0.29) is 17.9 Å². The Morgan fingerprint density at radius 2 is 2.46 bits per heavy atom. The van der Waals surface area contributed by atoms with E-state index in [2.05, 4.69) is 0 Å². The van der Waals surface area contributed by atoms with Gasteiger partial charge in [0.25, 0.3) is 0 Å². The molecule has 0 bridgehead atoms. The number of rotatable bonds is 4. The number of nitrogens with two attached hydrogens (primary N) is 1. The van der Waals surface area contributed by atoms with E-state index in [0.717, 1.165) is 26.1 Å².